The van der Waals surface area contributed by atoms with Crippen LogP contribution in [0.3, 0.4) is 0 Å². The van der Waals surface area contributed by atoms with Crippen LogP contribution in [0, 0.1) is 0 Å². The summed E-state index contributed by atoms with van der Waals surface area (Å²) in [5.41, 5.74) is 15.6. The quantitative estimate of drug-likeness (QED) is 0.161. The maximum absolute atomic E-state index is 6.85. The van der Waals surface area contributed by atoms with Crippen molar-refractivity contribution >= 4 is 71.6 Å². The number of hydrogen-bond donors (Lipinski definition) is 0. The molecule has 0 N–H and O–H groups in total. The molecule has 0 aliphatic carbocycles. The number of nitrogens with zero attached hydrogens (tertiary/aromatic N) is 2. The maximum Gasteiger partial charge on any atom is 0.136 e. The van der Waals surface area contributed by atoms with E-state index in [1.165, 1.54) is 60.4 Å². The zero-order chi connectivity index (χ0) is 40.3. The van der Waals surface area contributed by atoms with E-state index >= 15 is 0 Å². The van der Waals surface area contributed by atoms with Gasteiger partial charge in [0.1, 0.15) is 11.2 Å². The molecule has 0 fully saturated rings. The van der Waals surface area contributed by atoms with Crippen LogP contribution in [0.4, 0.5) is 17.1 Å². The van der Waals surface area contributed by atoms with Gasteiger partial charge in [-0.25, -0.2) is 0 Å². The van der Waals surface area contributed by atoms with Crippen molar-refractivity contribution in [2.24, 2.45) is 0 Å². The second-order valence-electron chi connectivity index (χ2n) is 15.7. The predicted octanol–water partition coefficient (Wildman–Crippen LogP) is 16.3. The molecule has 0 aliphatic heterocycles. The van der Waals surface area contributed by atoms with Crippen LogP contribution in [0.25, 0.3) is 93.6 Å². The summed E-state index contributed by atoms with van der Waals surface area (Å²) in [7, 11) is 0. The second kappa shape index (κ2) is 14.3. The first-order valence-corrected chi connectivity index (χ1v) is 20.8. The average molecular weight is 779 g/mol. The summed E-state index contributed by atoms with van der Waals surface area (Å²) < 4.78 is 9.23. The van der Waals surface area contributed by atoms with Crippen molar-refractivity contribution in [3.05, 3.63) is 231 Å². The molecule has 61 heavy (non-hydrogen) atoms. The lowest BCUT2D eigenvalue weighted by molar-refractivity contribution is 0.669. The van der Waals surface area contributed by atoms with E-state index in [-0.39, 0.29) is 0 Å². The van der Waals surface area contributed by atoms with E-state index in [1.807, 2.05) is 0 Å². The molecule has 0 saturated carbocycles. The number of benzene rings is 10. The number of aromatic nitrogens is 1. The van der Waals surface area contributed by atoms with Gasteiger partial charge in [0, 0.05) is 44.3 Å². The molecule has 12 rings (SSSR count). The van der Waals surface area contributed by atoms with Crippen molar-refractivity contribution in [3.63, 3.8) is 0 Å². The number of anilines is 3. The van der Waals surface area contributed by atoms with Crippen molar-refractivity contribution in [3.8, 4) is 39.1 Å². The van der Waals surface area contributed by atoms with Crippen LogP contribution >= 0.6 is 0 Å². The number of rotatable bonds is 7. The van der Waals surface area contributed by atoms with Gasteiger partial charge in [-0.3, -0.25) is 0 Å². The van der Waals surface area contributed by atoms with Crippen LogP contribution in [-0.2, 0) is 0 Å². The third-order valence-corrected chi connectivity index (χ3v) is 12.2. The summed E-state index contributed by atoms with van der Waals surface area (Å²) in [6.07, 6.45) is 0. The number of hydrogen-bond acceptors (Lipinski definition) is 2. The van der Waals surface area contributed by atoms with Crippen LogP contribution < -0.4 is 4.90 Å². The SMILES string of the molecule is c1ccc(-c2ccc(N(c3ccc(-c4ccccc4)cc3)c3ccc4oc5cc(-c6cccc7c6c6ccccc6n7-c6ccccc6)c6ccccc6c5c4c3)cc2)cc1. The van der Waals surface area contributed by atoms with Crippen LogP contribution in [-0.4, -0.2) is 4.57 Å². The molecule has 2 aromatic heterocycles. The molecule has 0 spiro atoms. The average Bonchev–Trinajstić information content (AvgIpc) is 3.88. The first kappa shape index (κ1) is 34.9. The van der Waals surface area contributed by atoms with Crippen LogP contribution in [0.15, 0.2) is 235 Å². The van der Waals surface area contributed by atoms with Crippen LogP contribution in [0.5, 0.6) is 0 Å². The van der Waals surface area contributed by atoms with E-state index in [0.717, 1.165) is 50.3 Å². The Bertz CT molecular complexity index is 3470. The third-order valence-electron chi connectivity index (χ3n) is 12.2. The summed E-state index contributed by atoms with van der Waals surface area (Å²) in [6, 6.07) is 82.7. The van der Waals surface area contributed by atoms with Gasteiger partial charge in [0.25, 0.3) is 0 Å². The Morgan fingerprint density at radius 1 is 0.311 bits per heavy atom. The molecule has 0 amide bonds. The molecule has 0 atom stereocenters. The van der Waals surface area contributed by atoms with E-state index < -0.39 is 0 Å². The van der Waals surface area contributed by atoms with Gasteiger partial charge in [-0.1, -0.05) is 158 Å². The molecule has 0 unspecified atom stereocenters. The van der Waals surface area contributed by atoms with Crippen molar-refractivity contribution in [1.29, 1.82) is 0 Å². The zero-order valence-corrected chi connectivity index (χ0v) is 33.2. The lowest BCUT2D eigenvalue weighted by Crippen LogP contribution is -2.09. The summed E-state index contributed by atoms with van der Waals surface area (Å²) in [6.45, 7) is 0. The van der Waals surface area contributed by atoms with Gasteiger partial charge < -0.3 is 13.9 Å². The van der Waals surface area contributed by atoms with Gasteiger partial charge in [-0.2, -0.15) is 0 Å². The summed E-state index contributed by atoms with van der Waals surface area (Å²) >= 11 is 0. The first-order valence-electron chi connectivity index (χ1n) is 20.8. The molecule has 0 saturated heterocycles. The zero-order valence-electron chi connectivity index (χ0n) is 33.2. The fourth-order valence-corrected chi connectivity index (χ4v) is 9.40. The Hall–Kier alpha value is -8.14. The fourth-order valence-electron chi connectivity index (χ4n) is 9.40. The Balaban J connectivity index is 1.04. The first-order chi connectivity index (χ1) is 30.3. The third kappa shape index (κ3) is 5.82. The largest absolute Gasteiger partial charge is 0.456 e. The maximum atomic E-state index is 6.85. The molecule has 0 aliphatic rings. The standard InChI is InChI=1S/C58H38N2O/c1-4-15-39(16-5-1)41-27-31-44(32-28-41)59(45-33-29-42(30-34-45)40-17-6-2-7-18-40)46-35-36-55-52(37-46)58-48-22-11-10-21-47(48)51(38-56(58)61-55)49-24-14-26-54-57(49)50-23-12-13-25-53(50)60(54)43-19-8-3-9-20-43/h1-38H. The minimum atomic E-state index is 0.860. The number of furan rings is 1. The molecular formula is C58H38N2O. The Labute approximate surface area is 353 Å². The van der Waals surface area contributed by atoms with Gasteiger partial charge in [-0.05, 0) is 117 Å². The minimum Gasteiger partial charge on any atom is -0.456 e. The summed E-state index contributed by atoms with van der Waals surface area (Å²) in [5.74, 6) is 0. The van der Waals surface area contributed by atoms with Gasteiger partial charge in [0.05, 0.1) is 11.0 Å². The molecule has 10 aromatic carbocycles. The predicted molar refractivity (Wildman–Crippen MR) is 257 cm³/mol. The lowest BCUT2D eigenvalue weighted by atomic mass is 9.92. The molecule has 0 bridgehead atoms. The van der Waals surface area contributed by atoms with E-state index in [9.17, 15) is 0 Å². The molecule has 0 radical (unpaired) electrons. The fraction of sp³-hybridized carbons (Fsp3) is 0. The van der Waals surface area contributed by atoms with E-state index in [1.54, 1.807) is 0 Å². The van der Waals surface area contributed by atoms with Crippen LogP contribution in [0.2, 0.25) is 0 Å². The summed E-state index contributed by atoms with van der Waals surface area (Å²) in [4.78, 5) is 2.35. The van der Waals surface area contributed by atoms with Crippen LogP contribution in [0.1, 0.15) is 0 Å². The number of fused-ring (bicyclic) bond motifs is 8. The molecule has 3 heteroatoms. The van der Waals surface area contributed by atoms with E-state index in [4.69, 9.17) is 4.42 Å². The van der Waals surface area contributed by atoms with Crippen molar-refractivity contribution in [2.45, 2.75) is 0 Å². The molecular weight excluding hydrogens is 741 g/mol. The smallest absolute Gasteiger partial charge is 0.136 e. The van der Waals surface area contributed by atoms with Crippen molar-refractivity contribution in [1.82, 2.24) is 4.57 Å². The highest BCUT2D eigenvalue weighted by Gasteiger charge is 2.21. The highest BCUT2D eigenvalue weighted by molar-refractivity contribution is 6.25. The Kier molecular flexibility index (Phi) is 8.17. The second-order valence-corrected chi connectivity index (χ2v) is 15.7. The van der Waals surface area contributed by atoms with Gasteiger partial charge in [-0.15, -0.1) is 0 Å². The topological polar surface area (TPSA) is 21.3 Å². The number of para-hydroxylation sites is 2. The Morgan fingerprint density at radius 2 is 0.836 bits per heavy atom. The van der Waals surface area contributed by atoms with E-state index in [0.29, 0.717) is 0 Å². The molecule has 3 nitrogen and oxygen atoms in total. The Morgan fingerprint density at radius 3 is 1.49 bits per heavy atom. The highest BCUT2D eigenvalue weighted by Crippen LogP contribution is 2.46. The highest BCUT2D eigenvalue weighted by atomic mass is 16.3. The molecule has 12 aromatic rings. The van der Waals surface area contributed by atoms with Gasteiger partial charge in [0.2, 0.25) is 0 Å². The summed E-state index contributed by atoms with van der Waals surface area (Å²) in [5, 5.41) is 7.02. The lowest BCUT2D eigenvalue weighted by Gasteiger charge is -2.26. The van der Waals surface area contributed by atoms with Gasteiger partial charge in [0.15, 0.2) is 0 Å². The van der Waals surface area contributed by atoms with Crippen molar-refractivity contribution in [2.75, 3.05) is 4.90 Å². The van der Waals surface area contributed by atoms with Gasteiger partial charge >= 0.3 is 0 Å². The van der Waals surface area contributed by atoms with E-state index in [2.05, 4.69) is 240 Å². The molecule has 2 heterocycles. The monoisotopic (exact) mass is 778 g/mol. The van der Waals surface area contributed by atoms with Crippen molar-refractivity contribution < 1.29 is 4.42 Å². The normalized spacial score (nSPS) is 11.6. The molecule has 286 valence electrons. The minimum absolute atomic E-state index is 0.860.